The van der Waals surface area contributed by atoms with Crippen LogP contribution in [0.3, 0.4) is 0 Å². The molecule has 10 heteroatoms. The van der Waals surface area contributed by atoms with Gasteiger partial charge in [-0.05, 0) is 30.4 Å². The predicted molar refractivity (Wildman–Crippen MR) is 107 cm³/mol. The number of nitrogens with two attached hydrogens (primary N) is 1. The molecule has 9 nitrogen and oxygen atoms in total. The zero-order valence-electron chi connectivity index (χ0n) is 15.6. The van der Waals surface area contributed by atoms with Crippen molar-refractivity contribution in [2.45, 2.75) is 24.9 Å². The van der Waals surface area contributed by atoms with Crippen molar-refractivity contribution in [3.63, 3.8) is 0 Å². The zero-order valence-corrected chi connectivity index (χ0v) is 16.5. The molecule has 1 aromatic rings. The summed E-state index contributed by atoms with van der Waals surface area (Å²) >= 11 is 1.47. The van der Waals surface area contributed by atoms with Crippen molar-refractivity contribution in [2.24, 2.45) is 5.73 Å². The summed E-state index contributed by atoms with van der Waals surface area (Å²) in [5.41, 5.74) is 6.72. The van der Waals surface area contributed by atoms with Crippen LogP contribution in [-0.4, -0.2) is 66.0 Å². The normalized spacial score (nSPS) is 12.5. The number of benzene rings is 1. The Morgan fingerprint density at radius 1 is 1.07 bits per heavy atom. The molecule has 2 atom stereocenters. The number of carboxylic acids is 1. The molecule has 3 amide bonds. The van der Waals surface area contributed by atoms with Gasteiger partial charge in [0.15, 0.2) is 0 Å². The summed E-state index contributed by atoms with van der Waals surface area (Å²) in [4.78, 5) is 46.6. The predicted octanol–water partition coefficient (Wildman–Crippen LogP) is -0.889. The molecule has 2 unspecified atom stereocenters. The summed E-state index contributed by atoms with van der Waals surface area (Å²) in [6.07, 6.45) is 2.45. The van der Waals surface area contributed by atoms with Gasteiger partial charge in [-0.25, -0.2) is 4.79 Å². The number of rotatable bonds is 12. The van der Waals surface area contributed by atoms with Gasteiger partial charge >= 0.3 is 5.97 Å². The fourth-order valence-electron chi connectivity index (χ4n) is 2.24. The van der Waals surface area contributed by atoms with Crippen molar-refractivity contribution >= 4 is 35.5 Å². The van der Waals surface area contributed by atoms with Crippen LogP contribution >= 0.6 is 11.8 Å². The zero-order chi connectivity index (χ0) is 20.9. The lowest BCUT2D eigenvalue weighted by Crippen LogP contribution is -2.49. The SMILES string of the molecule is CSCCC(NC(=O)CNC(=O)CNC(=O)C(N)Cc1ccccc1)C(=O)O. The van der Waals surface area contributed by atoms with Gasteiger partial charge in [0.2, 0.25) is 17.7 Å². The summed E-state index contributed by atoms with van der Waals surface area (Å²) in [6.45, 7) is -0.711. The molecule has 0 fully saturated rings. The second-order valence-corrected chi connectivity index (χ2v) is 7.02. The van der Waals surface area contributed by atoms with Crippen LogP contribution in [0.25, 0.3) is 0 Å². The molecule has 1 rings (SSSR count). The van der Waals surface area contributed by atoms with Gasteiger partial charge in [0.1, 0.15) is 6.04 Å². The van der Waals surface area contributed by atoms with Crippen molar-refractivity contribution < 1.29 is 24.3 Å². The van der Waals surface area contributed by atoms with Gasteiger partial charge in [-0.1, -0.05) is 30.3 Å². The van der Waals surface area contributed by atoms with E-state index in [4.69, 9.17) is 10.8 Å². The number of amides is 3. The van der Waals surface area contributed by atoms with E-state index < -0.39 is 35.8 Å². The average Bonchev–Trinajstić information content (AvgIpc) is 2.68. The summed E-state index contributed by atoms with van der Waals surface area (Å²) < 4.78 is 0. The number of carbonyl (C=O) groups is 4. The van der Waals surface area contributed by atoms with E-state index in [-0.39, 0.29) is 19.5 Å². The summed E-state index contributed by atoms with van der Waals surface area (Å²) in [5.74, 6) is -2.22. The van der Waals surface area contributed by atoms with Gasteiger partial charge in [0.05, 0.1) is 19.1 Å². The standard InChI is InChI=1S/C18H26N4O5S/c1-28-8-7-14(18(26)27)22-16(24)11-20-15(23)10-21-17(25)13(19)9-12-5-3-2-4-6-12/h2-6,13-14H,7-11,19H2,1H3,(H,20,23)(H,21,25)(H,22,24)(H,26,27). The molecule has 0 aliphatic carbocycles. The molecule has 0 bridgehead atoms. The summed E-state index contributed by atoms with van der Waals surface area (Å²) in [7, 11) is 0. The Labute approximate surface area is 167 Å². The maximum atomic E-state index is 11.9. The minimum Gasteiger partial charge on any atom is -0.480 e. The second kappa shape index (κ2) is 12.7. The topological polar surface area (TPSA) is 151 Å². The molecular weight excluding hydrogens is 384 g/mol. The summed E-state index contributed by atoms with van der Waals surface area (Å²) in [5, 5.41) is 16.1. The molecule has 0 aliphatic rings. The number of carbonyl (C=O) groups excluding carboxylic acids is 3. The quantitative estimate of drug-likeness (QED) is 0.300. The summed E-state index contributed by atoms with van der Waals surface area (Å²) in [6, 6.07) is 7.43. The molecule has 0 aromatic heterocycles. The smallest absolute Gasteiger partial charge is 0.326 e. The van der Waals surface area contributed by atoms with Crippen LogP contribution < -0.4 is 21.7 Å². The Morgan fingerprint density at radius 3 is 2.32 bits per heavy atom. The first-order valence-electron chi connectivity index (χ1n) is 8.68. The van der Waals surface area contributed by atoms with Crippen molar-refractivity contribution in [1.82, 2.24) is 16.0 Å². The third-order valence-electron chi connectivity index (χ3n) is 3.75. The highest BCUT2D eigenvalue weighted by Gasteiger charge is 2.20. The maximum Gasteiger partial charge on any atom is 0.326 e. The lowest BCUT2D eigenvalue weighted by atomic mass is 10.1. The van der Waals surface area contributed by atoms with Crippen LogP contribution in [0.5, 0.6) is 0 Å². The van der Waals surface area contributed by atoms with Gasteiger partial charge in [-0.15, -0.1) is 0 Å². The van der Waals surface area contributed by atoms with E-state index in [2.05, 4.69) is 16.0 Å². The Morgan fingerprint density at radius 2 is 1.71 bits per heavy atom. The largest absolute Gasteiger partial charge is 0.480 e. The van der Waals surface area contributed by atoms with Crippen molar-refractivity contribution in [3.8, 4) is 0 Å². The van der Waals surface area contributed by atoms with E-state index in [9.17, 15) is 19.2 Å². The lowest BCUT2D eigenvalue weighted by molar-refractivity contribution is -0.141. The Balaban J connectivity index is 2.30. The van der Waals surface area contributed by atoms with E-state index in [1.807, 2.05) is 36.6 Å². The van der Waals surface area contributed by atoms with Gasteiger partial charge in [-0.2, -0.15) is 11.8 Å². The Kier molecular flexibility index (Phi) is 10.7. The van der Waals surface area contributed by atoms with Gasteiger partial charge < -0.3 is 26.8 Å². The first-order chi connectivity index (χ1) is 13.3. The van der Waals surface area contributed by atoms with Gasteiger partial charge in [-0.3, -0.25) is 14.4 Å². The lowest BCUT2D eigenvalue weighted by Gasteiger charge is -2.15. The number of thioether (sulfide) groups is 1. The Bertz CT molecular complexity index is 671. The monoisotopic (exact) mass is 410 g/mol. The van der Waals surface area contributed by atoms with Gasteiger partial charge in [0.25, 0.3) is 0 Å². The van der Waals surface area contributed by atoms with Crippen LogP contribution in [0, 0.1) is 0 Å². The third kappa shape index (κ3) is 9.38. The molecule has 0 radical (unpaired) electrons. The number of aliphatic carboxylic acids is 1. The van der Waals surface area contributed by atoms with Gasteiger partial charge in [0, 0.05) is 0 Å². The molecule has 1 aromatic carbocycles. The number of hydrogen-bond acceptors (Lipinski definition) is 6. The minimum absolute atomic E-state index is 0.283. The second-order valence-electron chi connectivity index (χ2n) is 6.03. The molecule has 0 saturated heterocycles. The van der Waals surface area contributed by atoms with Crippen LogP contribution in [0.1, 0.15) is 12.0 Å². The molecule has 6 N–H and O–H groups in total. The third-order valence-corrected chi connectivity index (χ3v) is 4.39. The average molecular weight is 410 g/mol. The minimum atomic E-state index is -1.13. The van der Waals surface area contributed by atoms with E-state index >= 15 is 0 Å². The van der Waals surface area contributed by atoms with Crippen molar-refractivity contribution in [3.05, 3.63) is 35.9 Å². The van der Waals surface area contributed by atoms with E-state index in [1.165, 1.54) is 11.8 Å². The number of carboxylic acid groups (broad SMARTS) is 1. The van der Waals surface area contributed by atoms with Crippen molar-refractivity contribution in [1.29, 1.82) is 0 Å². The molecule has 0 spiro atoms. The maximum absolute atomic E-state index is 11.9. The molecule has 0 saturated carbocycles. The molecule has 154 valence electrons. The fourth-order valence-corrected chi connectivity index (χ4v) is 2.71. The van der Waals surface area contributed by atoms with E-state index in [0.29, 0.717) is 12.2 Å². The highest BCUT2D eigenvalue weighted by atomic mass is 32.2. The molecular formula is C18H26N4O5S. The van der Waals surface area contributed by atoms with Crippen LogP contribution in [-0.2, 0) is 25.6 Å². The number of nitrogens with one attached hydrogen (secondary N) is 3. The van der Waals surface area contributed by atoms with Crippen LogP contribution in [0.4, 0.5) is 0 Å². The fraction of sp³-hybridized carbons (Fsp3) is 0.444. The highest BCUT2D eigenvalue weighted by molar-refractivity contribution is 7.98. The molecule has 28 heavy (non-hydrogen) atoms. The van der Waals surface area contributed by atoms with E-state index in [1.54, 1.807) is 0 Å². The number of hydrogen-bond donors (Lipinski definition) is 5. The van der Waals surface area contributed by atoms with Crippen LogP contribution in [0.15, 0.2) is 30.3 Å². The molecule has 0 aliphatic heterocycles. The Hall–Kier alpha value is -2.59. The van der Waals surface area contributed by atoms with Crippen molar-refractivity contribution in [2.75, 3.05) is 25.1 Å². The highest BCUT2D eigenvalue weighted by Crippen LogP contribution is 2.02. The first kappa shape index (κ1) is 23.4. The van der Waals surface area contributed by atoms with E-state index in [0.717, 1.165) is 5.56 Å². The van der Waals surface area contributed by atoms with Crippen LogP contribution in [0.2, 0.25) is 0 Å². The molecule has 0 heterocycles. The first-order valence-corrected chi connectivity index (χ1v) is 10.1.